The predicted molar refractivity (Wildman–Crippen MR) is 89.1 cm³/mol. The smallest absolute Gasteiger partial charge is 0.277 e. The number of nitrogens with one attached hydrogen (secondary N) is 1. The number of nitrogens with two attached hydrogens (primary N) is 1. The molecule has 1 aromatic heterocycles. The summed E-state index contributed by atoms with van der Waals surface area (Å²) in [5, 5.41) is 12.3. The Morgan fingerprint density at radius 3 is 3.00 bits per heavy atom. The van der Waals surface area contributed by atoms with Gasteiger partial charge in [0, 0.05) is 18.9 Å². The van der Waals surface area contributed by atoms with Gasteiger partial charge in [0.2, 0.25) is 5.91 Å². The second-order valence-corrected chi connectivity index (χ2v) is 7.06. The van der Waals surface area contributed by atoms with Crippen LogP contribution in [0.4, 0.5) is 5.69 Å². The third-order valence-corrected chi connectivity index (χ3v) is 5.65. The summed E-state index contributed by atoms with van der Waals surface area (Å²) in [4.78, 5) is 28.5. The Bertz CT molecular complexity index is 750. The van der Waals surface area contributed by atoms with Crippen LogP contribution in [-0.4, -0.2) is 22.0 Å². The maximum atomic E-state index is 12.6. The van der Waals surface area contributed by atoms with Crippen molar-refractivity contribution >= 4 is 11.6 Å². The molecule has 2 heterocycles. The minimum atomic E-state index is -0.601. The number of aromatic nitrogens is 2. The average molecular weight is 329 g/mol. The summed E-state index contributed by atoms with van der Waals surface area (Å²) in [6.07, 6.45) is 3.71. The van der Waals surface area contributed by atoms with Gasteiger partial charge in [-0.25, -0.2) is 4.98 Å². The number of rotatable bonds is 5. The molecule has 5 atom stereocenters. The zero-order chi connectivity index (χ0) is 17.4. The molecule has 0 bridgehead atoms. The van der Waals surface area contributed by atoms with Crippen LogP contribution in [0.3, 0.4) is 0 Å². The average Bonchev–Trinajstić information content (AvgIpc) is 2.99. The van der Waals surface area contributed by atoms with Crippen molar-refractivity contribution in [1.82, 2.24) is 9.55 Å². The number of amides is 1. The van der Waals surface area contributed by atoms with E-state index < -0.39 is 11.9 Å². The van der Waals surface area contributed by atoms with Gasteiger partial charge in [-0.2, -0.15) is 5.26 Å². The number of nitriles is 1. The van der Waals surface area contributed by atoms with Gasteiger partial charge in [-0.05, 0) is 37.5 Å². The van der Waals surface area contributed by atoms with E-state index in [1.54, 1.807) is 6.20 Å². The second-order valence-electron chi connectivity index (χ2n) is 7.06. The van der Waals surface area contributed by atoms with Gasteiger partial charge >= 0.3 is 0 Å². The van der Waals surface area contributed by atoms with Crippen LogP contribution in [0.5, 0.6) is 0 Å². The third kappa shape index (κ3) is 2.66. The van der Waals surface area contributed by atoms with E-state index in [-0.39, 0.29) is 11.5 Å². The summed E-state index contributed by atoms with van der Waals surface area (Å²) in [6.45, 7) is 4.76. The summed E-state index contributed by atoms with van der Waals surface area (Å²) in [7, 11) is 0. The molecule has 7 heteroatoms. The van der Waals surface area contributed by atoms with Crippen molar-refractivity contribution in [2.75, 3.05) is 11.9 Å². The first kappa shape index (κ1) is 16.5. The van der Waals surface area contributed by atoms with Crippen LogP contribution in [0.15, 0.2) is 11.0 Å². The van der Waals surface area contributed by atoms with Gasteiger partial charge in [-0.1, -0.05) is 6.92 Å². The Balaban J connectivity index is 1.76. The molecule has 2 aliphatic rings. The molecule has 0 radical (unpaired) electrons. The molecule has 1 aliphatic heterocycles. The molecule has 128 valence electrons. The van der Waals surface area contributed by atoms with E-state index in [9.17, 15) is 9.59 Å². The normalized spacial score (nSPS) is 29.2. The number of fused-ring (bicyclic) bond motifs is 1. The minimum Gasteiger partial charge on any atom is -0.379 e. The fourth-order valence-electron chi connectivity index (χ4n) is 4.05. The van der Waals surface area contributed by atoms with Gasteiger partial charge < -0.3 is 11.1 Å². The molecule has 1 fully saturated rings. The van der Waals surface area contributed by atoms with E-state index in [0.29, 0.717) is 48.7 Å². The van der Waals surface area contributed by atoms with Crippen molar-refractivity contribution in [2.45, 2.75) is 39.2 Å². The maximum Gasteiger partial charge on any atom is 0.277 e. The van der Waals surface area contributed by atoms with Gasteiger partial charge in [0.15, 0.2) is 0 Å². The highest BCUT2D eigenvalue weighted by Gasteiger charge is 2.41. The fraction of sp³-hybridized carbons (Fsp3) is 0.647. The Morgan fingerprint density at radius 1 is 1.62 bits per heavy atom. The van der Waals surface area contributed by atoms with E-state index in [0.717, 1.165) is 6.42 Å². The zero-order valence-corrected chi connectivity index (χ0v) is 14.0. The topological polar surface area (TPSA) is 114 Å². The molecule has 24 heavy (non-hydrogen) atoms. The van der Waals surface area contributed by atoms with Gasteiger partial charge in [0.05, 0.1) is 12.3 Å². The lowest BCUT2D eigenvalue weighted by atomic mass is 9.61. The summed E-state index contributed by atoms with van der Waals surface area (Å²) >= 11 is 0. The van der Waals surface area contributed by atoms with E-state index in [1.807, 2.05) is 6.92 Å². The van der Waals surface area contributed by atoms with Gasteiger partial charge in [0.25, 0.3) is 5.56 Å². The van der Waals surface area contributed by atoms with Crippen LogP contribution in [0.2, 0.25) is 0 Å². The molecule has 7 nitrogen and oxygen atoms in total. The van der Waals surface area contributed by atoms with Gasteiger partial charge in [-0.15, -0.1) is 0 Å². The minimum absolute atomic E-state index is 0.0199. The van der Waals surface area contributed by atoms with E-state index in [1.165, 1.54) is 4.57 Å². The Morgan fingerprint density at radius 2 is 2.38 bits per heavy atom. The summed E-state index contributed by atoms with van der Waals surface area (Å²) in [5.74, 6) is 1.39. The van der Waals surface area contributed by atoms with Crippen molar-refractivity contribution in [3.8, 4) is 6.07 Å². The summed E-state index contributed by atoms with van der Waals surface area (Å²) in [6, 6.07) is 1.72. The van der Waals surface area contributed by atoms with Crippen molar-refractivity contribution in [2.24, 2.45) is 29.4 Å². The van der Waals surface area contributed by atoms with E-state index >= 15 is 0 Å². The van der Waals surface area contributed by atoms with Crippen LogP contribution in [0, 0.1) is 35.0 Å². The van der Waals surface area contributed by atoms with Crippen LogP contribution in [0.25, 0.3) is 0 Å². The fourth-order valence-corrected chi connectivity index (χ4v) is 4.05. The maximum absolute atomic E-state index is 12.6. The Labute approximate surface area is 140 Å². The summed E-state index contributed by atoms with van der Waals surface area (Å²) in [5.41, 5.74) is 5.55. The lowest BCUT2D eigenvalue weighted by Gasteiger charge is -2.44. The Kier molecular flexibility index (Phi) is 4.31. The molecule has 0 spiro atoms. The van der Waals surface area contributed by atoms with Crippen LogP contribution in [0.1, 0.15) is 38.6 Å². The van der Waals surface area contributed by atoms with Crippen molar-refractivity contribution in [3.05, 3.63) is 22.4 Å². The zero-order valence-electron chi connectivity index (χ0n) is 14.0. The molecule has 1 saturated carbocycles. The van der Waals surface area contributed by atoms with E-state index in [2.05, 4.69) is 23.3 Å². The lowest BCUT2D eigenvalue weighted by molar-refractivity contribution is -0.121. The molecule has 5 unspecified atom stereocenters. The Hall–Kier alpha value is -2.36. The third-order valence-electron chi connectivity index (χ3n) is 5.65. The van der Waals surface area contributed by atoms with Gasteiger partial charge in [0.1, 0.15) is 17.6 Å². The van der Waals surface area contributed by atoms with Crippen LogP contribution in [-0.2, 0) is 11.2 Å². The molecular weight excluding hydrogens is 306 g/mol. The number of hydrogen-bond acceptors (Lipinski definition) is 5. The molecular formula is C17H23N5O2. The number of primary amides is 1. The first-order chi connectivity index (χ1) is 11.4. The molecule has 1 amide bonds. The highest BCUT2D eigenvalue weighted by Crippen LogP contribution is 2.44. The first-order valence-electron chi connectivity index (χ1n) is 8.47. The highest BCUT2D eigenvalue weighted by molar-refractivity contribution is 5.79. The number of hydrogen-bond donors (Lipinski definition) is 2. The molecule has 1 aromatic rings. The lowest BCUT2D eigenvalue weighted by Crippen LogP contribution is -2.43. The van der Waals surface area contributed by atoms with Crippen molar-refractivity contribution in [1.29, 1.82) is 5.26 Å². The highest BCUT2D eigenvalue weighted by atomic mass is 16.2. The van der Waals surface area contributed by atoms with Crippen molar-refractivity contribution < 1.29 is 4.79 Å². The molecule has 1 aliphatic carbocycles. The van der Waals surface area contributed by atoms with Gasteiger partial charge in [-0.3, -0.25) is 14.2 Å². The number of anilines is 1. The van der Waals surface area contributed by atoms with Crippen LogP contribution >= 0.6 is 0 Å². The second kappa shape index (κ2) is 6.27. The van der Waals surface area contributed by atoms with E-state index in [4.69, 9.17) is 11.0 Å². The predicted octanol–water partition coefficient (Wildman–Crippen LogP) is 1.06. The van der Waals surface area contributed by atoms with Crippen LogP contribution < -0.4 is 16.6 Å². The number of nitrogens with zero attached hydrogens (tertiary/aromatic N) is 3. The number of carbonyl (C=O) groups excluding carboxylic acids is 1. The summed E-state index contributed by atoms with van der Waals surface area (Å²) < 4.78 is 1.42. The molecule has 0 saturated heterocycles. The monoisotopic (exact) mass is 329 g/mol. The molecule has 3 N–H and O–H groups in total. The first-order valence-corrected chi connectivity index (χ1v) is 8.47. The number of aryl methyl sites for hydroxylation is 1. The SMILES string of the molecule is CC(C#N)C1CC(C)C1CNc1cnc2n(c1=O)C(C(N)=O)CC2. The molecule has 0 aromatic carbocycles. The largest absolute Gasteiger partial charge is 0.379 e. The standard InChI is InChI=1S/C17H23N5O2/c1-9-5-11(10(2)6-18)12(9)7-20-13-8-21-15-4-3-14(16(19)23)22(15)17(13)24/h8-12,14,20H,3-5,7H2,1-2H3,(H2,19,23). The quantitative estimate of drug-likeness (QED) is 0.838. The number of carbonyl (C=O) groups is 1. The van der Waals surface area contributed by atoms with Crippen molar-refractivity contribution in [3.63, 3.8) is 0 Å². The molecule has 3 rings (SSSR count).